The Morgan fingerprint density at radius 2 is 1.43 bits per heavy atom. The summed E-state index contributed by atoms with van der Waals surface area (Å²) in [6.07, 6.45) is 12.4. The van der Waals surface area contributed by atoms with Crippen molar-refractivity contribution in [2.75, 3.05) is 0 Å². The van der Waals surface area contributed by atoms with Crippen molar-refractivity contribution >= 4 is 11.6 Å². The van der Waals surface area contributed by atoms with E-state index in [9.17, 15) is 19.8 Å². The highest BCUT2D eigenvalue weighted by Gasteiger charge is 2.37. The van der Waals surface area contributed by atoms with Crippen LogP contribution in [0, 0.1) is 5.92 Å². The van der Waals surface area contributed by atoms with Gasteiger partial charge in [-0.15, -0.1) is 0 Å². The molecule has 0 aromatic heterocycles. The molecule has 162 valence electrons. The minimum atomic E-state index is -0.653. The normalized spacial score (nSPS) is 27.6. The van der Waals surface area contributed by atoms with E-state index in [0.29, 0.717) is 6.42 Å². The van der Waals surface area contributed by atoms with Gasteiger partial charge in [0, 0.05) is 5.92 Å². The number of carbonyl (C=O) groups is 2. The zero-order chi connectivity index (χ0) is 22.4. The standard InChI is InChI=1S/C26H34O4/c1-16(2)14-20-15-19(5)11-7-9-17(3)8-6-10-18(4)12-13-21-23(27)25(29)22(20)26(30)24(21)28/h8,11-12,14,20,27,30H,6-7,9-10,13,15H2,1-5H3/b17-8-,18-12-,19-11-/t20-/m1/s1. The average molecular weight is 411 g/mol. The number of rotatable bonds is 1. The number of fused-ring (bicyclic) bond motifs is 11. The summed E-state index contributed by atoms with van der Waals surface area (Å²) >= 11 is 0. The van der Waals surface area contributed by atoms with Gasteiger partial charge in [0.2, 0.25) is 11.6 Å². The molecule has 0 saturated heterocycles. The van der Waals surface area contributed by atoms with Crippen LogP contribution in [0.5, 0.6) is 0 Å². The lowest BCUT2D eigenvalue weighted by atomic mass is 9.81. The number of hydrogen-bond acceptors (Lipinski definition) is 4. The van der Waals surface area contributed by atoms with Gasteiger partial charge in [0.25, 0.3) is 0 Å². The summed E-state index contributed by atoms with van der Waals surface area (Å²) < 4.78 is 0. The first kappa shape index (κ1) is 23.7. The van der Waals surface area contributed by atoms with E-state index < -0.39 is 29.0 Å². The van der Waals surface area contributed by atoms with Gasteiger partial charge in [-0.1, -0.05) is 46.6 Å². The molecule has 0 saturated carbocycles. The third-order valence-electron chi connectivity index (χ3n) is 5.65. The van der Waals surface area contributed by atoms with Gasteiger partial charge in [-0.2, -0.15) is 0 Å². The quantitative estimate of drug-likeness (QED) is 0.380. The van der Waals surface area contributed by atoms with Gasteiger partial charge in [0.05, 0.1) is 11.1 Å². The van der Waals surface area contributed by atoms with Crippen molar-refractivity contribution < 1.29 is 19.8 Å². The van der Waals surface area contributed by atoms with Crippen LogP contribution in [0.2, 0.25) is 0 Å². The van der Waals surface area contributed by atoms with Gasteiger partial charge in [-0.3, -0.25) is 9.59 Å². The number of aliphatic hydroxyl groups excluding tert-OH is 2. The lowest BCUT2D eigenvalue weighted by Crippen LogP contribution is -2.27. The van der Waals surface area contributed by atoms with E-state index in [4.69, 9.17) is 0 Å². The Hall–Kier alpha value is -2.62. The van der Waals surface area contributed by atoms with Crippen LogP contribution >= 0.6 is 0 Å². The molecule has 3 aliphatic rings. The maximum Gasteiger partial charge on any atom is 0.228 e. The van der Waals surface area contributed by atoms with Crippen molar-refractivity contribution in [2.45, 2.75) is 73.1 Å². The fraction of sp³-hybridized carbons (Fsp3) is 0.462. The van der Waals surface area contributed by atoms with Crippen molar-refractivity contribution in [3.05, 3.63) is 69.3 Å². The van der Waals surface area contributed by atoms with Gasteiger partial charge in [-0.05, 0) is 73.1 Å². The summed E-state index contributed by atoms with van der Waals surface area (Å²) in [6.45, 7) is 9.95. The van der Waals surface area contributed by atoms with E-state index in [-0.39, 0.29) is 17.6 Å². The van der Waals surface area contributed by atoms with Crippen molar-refractivity contribution in [2.24, 2.45) is 5.92 Å². The Balaban J connectivity index is 2.55. The summed E-state index contributed by atoms with van der Waals surface area (Å²) in [5.41, 5.74) is 4.46. The van der Waals surface area contributed by atoms with Crippen LogP contribution in [-0.4, -0.2) is 21.8 Å². The van der Waals surface area contributed by atoms with Crippen molar-refractivity contribution in [1.29, 1.82) is 0 Å². The zero-order valence-corrected chi connectivity index (χ0v) is 18.8. The summed E-state index contributed by atoms with van der Waals surface area (Å²) in [4.78, 5) is 25.8. The van der Waals surface area contributed by atoms with Crippen molar-refractivity contribution in [1.82, 2.24) is 0 Å². The van der Waals surface area contributed by atoms with Crippen LogP contribution in [0.1, 0.15) is 73.1 Å². The summed E-state index contributed by atoms with van der Waals surface area (Å²) in [5.74, 6) is -2.83. The number of aliphatic hydroxyl groups is 2. The molecule has 0 amide bonds. The SMILES string of the molecule is CC(C)=C[C@@H]1C/C(C)=C\CC/C(C)=C\CC/C(C)=C\CC2=C(O)C(=O)C1=C(O)C2=O. The van der Waals surface area contributed by atoms with E-state index in [2.05, 4.69) is 19.1 Å². The monoisotopic (exact) mass is 410 g/mol. The van der Waals surface area contributed by atoms with Gasteiger partial charge in [-0.25, -0.2) is 0 Å². The molecule has 3 aliphatic carbocycles. The molecule has 4 nitrogen and oxygen atoms in total. The summed E-state index contributed by atoms with van der Waals surface area (Å²) in [7, 11) is 0. The van der Waals surface area contributed by atoms with Crippen LogP contribution < -0.4 is 0 Å². The van der Waals surface area contributed by atoms with Crippen LogP contribution in [0.25, 0.3) is 0 Å². The lowest BCUT2D eigenvalue weighted by Gasteiger charge is -2.23. The molecule has 0 radical (unpaired) electrons. The van der Waals surface area contributed by atoms with Crippen LogP contribution in [0.4, 0.5) is 0 Å². The van der Waals surface area contributed by atoms with Crippen LogP contribution in [0.3, 0.4) is 0 Å². The molecule has 0 fully saturated rings. The number of allylic oxidation sites excluding steroid dienone is 10. The first-order valence-electron chi connectivity index (χ1n) is 10.7. The second kappa shape index (κ2) is 10.4. The largest absolute Gasteiger partial charge is 0.504 e. The predicted octanol–water partition coefficient (Wildman–Crippen LogP) is 6.54. The Morgan fingerprint density at radius 1 is 0.867 bits per heavy atom. The molecule has 0 unspecified atom stereocenters. The molecular weight excluding hydrogens is 376 g/mol. The van der Waals surface area contributed by atoms with Crippen LogP contribution in [0.15, 0.2) is 69.3 Å². The highest BCUT2D eigenvalue weighted by atomic mass is 16.3. The Labute approximate surface area is 180 Å². The summed E-state index contributed by atoms with van der Waals surface area (Å²) in [6, 6.07) is 0. The van der Waals surface area contributed by atoms with Crippen LogP contribution in [-0.2, 0) is 9.59 Å². The molecule has 0 spiro atoms. The van der Waals surface area contributed by atoms with E-state index in [1.807, 2.05) is 39.8 Å². The van der Waals surface area contributed by atoms with E-state index >= 15 is 0 Å². The molecule has 2 bridgehead atoms. The highest BCUT2D eigenvalue weighted by Crippen LogP contribution is 2.33. The Kier molecular flexibility index (Phi) is 8.22. The molecule has 0 aromatic carbocycles. The molecule has 30 heavy (non-hydrogen) atoms. The molecule has 0 aliphatic heterocycles. The second-order valence-electron chi connectivity index (χ2n) is 8.74. The third kappa shape index (κ3) is 5.94. The first-order valence-corrected chi connectivity index (χ1v) is 10.7. The highest BCUT2D eigenvalue weighted by molar-refractivity contribution is 6.23. The second-order valence-corrected chi connectivity index (χ2v) is 8.74. The Bertz CT molecular complexity index is 899. The summed E-state index contributed by atoms with van der Waals surface area (Å²) in [5, 5.41) is 21.2. The van der Waals surface area contributed by atoms with Gasteiger partial charge < -0.3 is 10.2 Å². The molecule has 0 heterocycles. The molecule has 2 N–H and O–H groups in total. The zero-order valence-electron chi connectivity index (χ0n) is 18.8. The average Bonchev–Trinajstić information content (AvgIpc) is 2.65. The van der Waals surface area contributed by atoms with E-state index in [1.54, 1.807) is 0 Å². The molecular formula is C26H34O4. The van der Waals surface area contributed by atoms with Gasteiger partial charge >= 0.3 is 0 Å². The van der Waals surface area contributed by atoms with Gasteiger partial charge in [0.1, 0.15) is 0 Å². The smallest absolute Gasteiger partial charge is 0.228 e. The van der Waals surface area contributed by atoms with Crippen molar-refractivity contribution in [3.63, 3.8) is 0 Å². The topological polar surface area (TPSA) is 74.6 Å². The first-order chi connectivity index (χ1) is 14.1. The van der Waals surface area contributed by atoms with Crippen molar-refractivity contribution in [3.8, 4) is 0 Å². The number of hydrogen-bond donors (Lipinski definition) is 2. The van der Waals surface area contributed by atoms with E-state index in [0.717, 1.165) is 42.4 Å². The predicted molar refractivity (Wildman–Crippen MR) is 121 cm³/mol. The molecule has 0 aromatic rings. The minimum Gasteiger partial charge on any atom is -0.504 e. The fourth-order valence-corrected chi connectivity index (χ4v) is 3.93. The third-order valence-corrected chi connectivity index (χ3v) is 5.65. The van der Waals surface area contributed by atoms with Gasteiger partial charge in [0.15, 0.2) is 11.5 Å². The fourth-order valence-electron chi connectivity index (χ4n) is 3.93. The number of Topliss-reactive ketones (excluding diaryl/α,β-unsaturated/α-hetero) is 2. The lowest BCUT2D eigenvalue weighted by molar-refractivity contribution is -0.120. The molecule has 4 heteroatoms. The maximum atomic E-state index is 13.0. The number of carbonyl (C=O) groups excluding carboxylic acids is 2. The van der Waals surface area contributed by atoms with E-state index in [1.165, 1.54) is 5.57 Å². The maximum absolute atomic E-state index is 13.0. The number of ketones is 2. The molecule has 1 atom stereocenters. The molecule has 3 rings (SSSR count). The Morgan fingerprint density at radius 3 is 2.03 bits per heavy atom. The minimum absolute atomic E-state index is 0.00343.